The molecule has 1 amide bonds. The van der Waals surface area contributed by atoms with Gasteiger partial charge in [0.1, 0.15) is 0 Å². The molecule has 2 aliphatic rings. The lowest BCUT2D eigenvalue weighted by Gasteiger charge is -2.26. The Kier molecular flexibility index (Phi) is 6.12. The number of hydrogen-bond acceptors (Lipinski definition) is 5. The maximum absolute atomic E-state index is 12.8. The van der Waals surface area contributed by atoms with Crippen molar-refractivity contribution in [2.75, 3.05) is 46.5 Å². The summed E-state index contributed by atoms with van der Waals surface area (Å²) in [7, 11) is -3.27. The Morgan fingerprint density at radius 3 is 2.59 bits per heavy atom. The molecule has 2 aromatic rings. The first kappa shape index (κ1) is 20.3. The number of carbonyl (C=O) groups excluding carboxylic acids is 1. The van der Waals surface area contributed by atoms with Crippen LogP contribution in [0, 0.1) is 0 Å². The number of rotatable bonds is 5. The minimum atomic E-state index is -3.27. The van der Waals surface area contributed by atoms with Crippen molar-refractivity contribution < 1.29 is 13.2 Å². The van der Waals surface area contributed by atoms with Crippen LogP contribution in [0.1, 0.15) is 22.3 Å². The van der Waals surface area contributed by atoms with Crippen molar-refractivity contribution in [3.8, 4) is 0 Å². The topological polar surface area (TPSA) is 69.7 Å². The summed E-state index contributed by atoms with van der Waals surface area (Å²) in [6.45, 7) is 3.53. The van der Waals surface area contributed by atoms with Gasteiger partial charge in [-0.25, -0.2) is 8.42 Å². The Morgan fingerprint density at radius 1 is 1.03 bits per heavy atom. The number of benzene rings is 2. The highest BCUT2D eigenvalue weighted by molar-refractivity contribution is 7.99. The van der Waals surface area contributed by atoms with Crippen LogP contribution in [0.25, 0.3) is 0 Å². The summed E-state index contributed by atoms with van der Waals surface area (Å²) in [6.07, 6.45) is 0.612. The molecule has 0 saturated carbocycles. The molecule has 2 heterocycles. The van der Waals surface area contributed by atoms with Gasteiger partial charge < -0.3 is 5.32 Å². The first-order valence-electron chi connectivity index (χ1n) is 9.82. The minimum absolute atomic E-state index is 0.159. The molecule has 154 valence electrons. The van der Waals surface area contributed by atoms with Gasteiger partial charge in [-0.05, 0) is 42.3 Å². The summed E-state index contributed by atoms with van der Waals surface area (Å²) in [6, 6.07) is 14.7. The van der Waals surface area contributed by atoms with Crippen LogP contribution in [0.5, 0.6) is 0 Å². The molecule has 4 rings (SSSR count). The minimum Gasteiger partial charge on any atom is -0.322 e. The van der Waals surface area contributed by atoms with E-state index in [0.29, 0.717) is 24.2 Å². The van der Waals surface area contributed by atoms with Gasteiger partial charge in [-0.15, -0.1) is 0 Å². The van der Waals surface area contributed by atoms with Crippen molar-refractivity contribution in [1.82, 2.24) is 4.90 Å². The molecule has 0 aliphatic carbocycles. The Morgan fingerprint density at radius 2 is 1.83 bits per heavy atom. The average molecular weight is 432 g/mol. The number of amides is 1. The predicted molar refractivity (Wildman–Crippen MR) is 119 cm³/mol. The van der Waals surface area contributed by atoms with Gasteiger partial charge in [-0.1, -0.05) is 18.2 Å². The van der Waals surface area contributed by atoms with Gasteiger partial charge in [0.15, 0.2) is 0 Å². The van der Waals surface area contributed by atoms with Crippen LogP contribution >= 0.6 is 11.8 Å². The van der Waals surface area contributed by atoms with Crippen molar-refractivity contribution in [2.24, 2.45) is 0 Å². The summed E-state index contributed by atoms with van der Waals surface area (Å²) >= 11 is 1.99. The first-order valence-corrected chi connectivity index (χ1v) is 12.6. The van der Waals surface area contributed by atoms with E-state index in [1.807, 2.05) is 30.0 Å². The number of thioether (sulfide) groups is 1. The lowest BCUT2D eigenvalue weighted by Crippen LogP contribution is -2.31. The molecule has 29 heavy (non-hydrogen) atoms. The SMILES string of the molecule is O=C(Nc1cccc(CN2CCSCC2)c1)c1cccc(N2CCCS2(=O)=O)c1. The second-order valence-electron chi connectivity index (χ2n) is 7.34. The highest BCUT2D eigenvalue weighted by Crippen LogP contribution is 2.25. The lowest BCUT2D eigenvalue weighted by molar-refractivity contribution is 0.102. The molecular formula is C21H25N3O3S2. The monoisotopic (exact) mass is 431 g/mol. The van der Waals surface area contributed by atoms with E-state index in [9.17, 15) is 13.2 Å². The molecule has 2 aliphatic heterocycles. The molecule has 2 saturated heterocycles. The Bertz CT molecular complexity index is 988. The normalized spacial score (nSPS) is 19.2. The third-order valence-electron chi connectivity index (χ3n) is 5.19. The van der Waals surface area contributed by atoms with E-state index in [-0.39, 0.29) is 11.7 Å². The van der Waals surface area contributed by atoms with Crippen molar-refractivity contribution in [3.05, 3.63) is 59.7 Å². The number of hydrogen-bond donors (Lipinski definition) is 1. The molecule has 8 heteroatoms. The molecule has 0 aromatic heterocycles. The summed E-state index contributed by atoms with van der Waals surface area (Å²) in [5.74, 6) is 2.25. The second-order valence-corrected chi connectivity index (χ2v) is 10.6. The van der Waals surface area contributed by atoms with E-state index in [4.69, 9.17) is 0 Å². The zero-order valence-corrected chi connectivity index (χ0v) is 17.8. The van der Waals surface area contributed by atoms with Crippen LogP contribution in [0.15, 0.2) is 48.5 Å². The maximum atomic E-state index is 12.8. The predicted octanol–water partition coefficient (Wildman–Crippen LogP) is 3.03. The molecule has 0 unspecified atom stereocenters. The number of sulfonamides is 1. The zero-order valence-electron chi connectivity index (χ0n) is 16.2. The maximum Gasteiger partial charge on any atom is 0.255 e. The van der Waals surface area contributed by atoms with Gasteiger partial charge in [0.25, 0.3) is 5.91 Å². The highest BCUT2D eigenvalue weighted by Gasteiger charge is 2.28. The fourth-order valence-electron chi connectivity index (χ4n) is 3.70. The van der Waals surface area contributed by atoms with Crippen LogP contribution in [0.2, 0.25) is 0 Å². The van der Waals surface area contributed by atoms with Crippen molar-refractivity contribution in [2.45, 2.75) is 13.0 Å². The third kappa shape index (κ3) is 4.94. The van der Waals surface area contributed by atoms with Crippen molar-refractivity contribution in [3.63, 3.8) is 0 Å². The van der Waals surface area contributed by atoms with Gasteiger partial charge in [-0.3, -0.25) is 14.0 Å². The Balaban J connectivity index is 1.45. The largest absolute Gasteiger partial charge is 0.322 e. The van der Waals surface area contributed by atoms with Crippen LogP contribution in [-0.4, -0.2) is 56.1 Å². The van der Waals surface area contributed by atoms with Gasteiger partial charge in [0.05, 0.1) is 11.4 Å². The number of nitrogens with one attached hydrogen (secondary N) is 1. The molecule has 0 radical (unpaired) electrons. The molecule has 2 fully saturated rings. The smallest absolute Gasteiger partial charge is 0.255 e. The molecular weight excluding hydrogens is 406 g/mol. The van der Waals surface area contributed by atoms with Crippen LogP contribution < -0.4 is 9.62 Å². The van der Waals surface area contributed by atoms with Gasteiger partial charge in [0, 0.05) is 48.9 Å². The molecule has 0 bridgehead atoms. The third-order valence-corrected chi connectivity index (χ3v) is 8.00. The lowest BCUT2D eigenvalue weighted by atomic mass is 10.1. The van der Waals surface area contributed by atoms with Crippen molar-refractivity contribution in [1.29, 1.82) is 0 Å². The van der Waals surface area contributed by atoms with E-state index < -0.39 is 10.0 Å². The number of nitrogens with zero attached hydrogens (tertiary/aromatic N) is 2. The van der Waals surface area contributed by atoms with Crippen LogP contribution in [0.3, 0.4) is 0 Å². The van der Waals surface area contributed by atoms with E-state index >= 15 is 0 Å². The molecule has 0 spiro atoms. The van der Waals surface area contributed by atoms with Gasteiger partial charge in [0.2, 0.25) is 10.0 Å². The number of anilines is 2. The molecule has 6 nitrogen and oxygen atoms in total. The van der Waals surface area contributed by atoms with Crippen LogP contribution in [0.4, 0.5) is 11.4 Å². The fraction of sp³-hybridized carbons (Fsp3) is 0.381. The number of carbonyl (C=O) groups is 1. The molecule has 0 atom stereocenters. The van der Waals surface area contributed by atoms with E-state index in [1.165, 1.54) is 21.4 Å². The highest BCUT2D eigenvalue weighted by atomic mass is 32.2. The van der Waals surface area contributed by atoms with Crippen molar-refractivity contribution >= 4 is 39.1 Å². The summed E-state index contributed by atoms with van der Waals surface area (Å²) in [4.78, 5) is 15.2. The van der Waals surface area contributed by atoms with E-state index in [1.54, 1.807) is 24.3 Å². The summed E-state index contributed by atoms with van der Waals surface area (Å²) < 4.78 is 25.7. The standard InChI is InChI=1S/C21H25N3O3S2/c25-21(18-5-2-7-20(15-18)24-8-3-13-29(24,26)27)22-19-6-1-4-17(14-19)16-23-9-11-28-12-10-23/h1-2,4-7,14-15H,3,8-13,16H2,(H,22,25). The molecule has 2 aromatic carbocycles. The first-order chi connectivity index (χ1) is 14.0. The van der Waals surface area contributed by atoms with E-state index in [0.717, 1.165) is 25.3 Å². The molecule has 1 N–H and O–H groups in total. The Hall–Kier alpha value is -2.03. The van der Waals surface area contributed by atoms with Gasteiger partial charge in [-0.2, -0.15) is 11.8 Å². The zero-order chi connectivity index (χ0) is 20.3. The summed E-state index contributed by atoms with van der Waals surface area (Å²) in [5, 5.41) is 2.94. The Labute approximate surface area is 176 Å². The fourth-order valence-corrected chi connectivity index (χ4v) is 6.24. The quantitative estimate of drug-likeness (QED) is 0.788. The van der Waals surface area contributed by atoms with Crippen LogP contribution in [-0.2, 0) is 16.6 Å². The van der Waals surface area contributed by atoms with Gasteiger partial charge >= 0.3 is 0 Å². The van der Waals surface area contributed by atoms with E-state index in [2.05, 4.69) is 16.3 Å². The second kappa shape index (κ2) is 8.77. The average Bonchev–Trinajstić information content (AvgIpc) is 3.08. The summed E-state index contributed by atoms with van der Waals surface area (Å²) in [5.41, 5.74) is 2.92.